The van der Waals surface area contributed by atoms with Gasteiger partial charge in [0.05, 0.1) is 5.56 Å². The molecule has 1 atom stereocenters. The lowest BCUT2D eigenvalue weighted by Crippen LogP contribution is -2.49. The van der Waals surface area contributed by atoms with E-state index in [-0.39, 0.29) is 0 Å². The quantitative estimate of drug-likeness (QED) is 0.384. The monoisotopic (exact) mass is 509 g/mol. The third kappa shape index (κ3) is 4.88. The SMILES string of the molecule is CC(C)c1ccc(N2CC(CS(C)=O)C2)c2cnc(Nc3ccnc(-c4cn(C)nc4Cl)n3)cc12. The second-order valence-electron chi connectivity index (χ2n) is 9.35. The molecule has 0 amide bonds. The third-order valence-corrected chi connectivity index (χ3v) is 7.46. The van der Waals surface area contributed by atoms with Crippen molar-refractivity contribution in [3.8, 4) is 11.4 Å². The number of anilines is 3. The van der Waals surface area contributed by atoms with Crippen LogP contribution in [-0.4, -0.2) is 54.0 Å². The summed E-state index contributed by atoms with van der Waals surface area (Å²) in [5.74, 6) is 3.44. The summed E-state index contributed by atoms with van der Waals surface area (Å²) in [6, 6.07) is 8.30. The van der Waals surface area contributed by atoms with Crippen LogP contribution in [0.2, 0.25) is 5.15 Å². The molecule has 5 rings (SSSR count). The van der Waals surface area contributed by atoms with E-state index in [0.29, 0.717) is 40.0 Å². The molecule has 1 N–H and O–H groups in total. The molecule has 0 bridgehead atoms. The van der Waals surface area contributed by atoms with Gasteiger partial charge in [0.1, 0.15) is 11.6 Å². The Morgan fingerprint density at radius 3 is 2.66 bits per heavy atom. The molecule has 4 aromatic rings. The molecule has 1 aromatic carbocycles. The largest absolute Gasteiger partial charge is 0.370 e. The molecule has 182 valence electrons. The summed E-state index contributed by atoms with van der Waals surface area (Å²) in [5.41, 5.74) is 3.12. The number of hydrogen-bond donors (Lipinski definition) is 1. The van der Waals surface area contributed by atoms with E-state index in [1.807, 2.05) is 13.2 Å². The summed E-state index contributed by atoms with van der Waals surface area (Å²) in [7, 11) is 1.05. The molecule has 0 saturated carbocycles. The average molecular weight is 510 g/mol. The lowest BCUT2D eigenvalue weighted by atomic mass is 9.93. The Hall–Kier alpha value is -3.04. The molecule has 3 aromatic heterocycles. The van der Waals surface area contributed by atoms with Crippen LogP contribution < -0.4 is 10.2 Å². The van der Waals surface area contributed by atoms with Crippen LogP contribution in [0.5, 0.6) is 0 Å². The van der Waals surface area contributed by atoms with E-state index in [0.717, 1.165) is 24.2 Å². The lowest BCUT2D eigenvalue weighted by molar-refractivity contribution is 0.452. The van der Waals surface area contributed by atoms with Crippen molar-refractivity contribution in [3.63, 3.8) is 0 Å². The number of aryl methyl sites for hydroxylation is 1. The average Bonchev–Trinajstić information content (AvgIpc) is 3.13. The summed E-state index contributed by atoms with van der Waals surface area (Å²) >= 11 is 6.23. The summed E-state index contributed by atoms with van der Waals surface area (Å²) in [6.45, 7) is 6.26. The van der Waals surface area contributed by atoms with Crippen LogP contribution in [0.3, 0.4) is 0 Å². The number of hydrogen-bond acceptors (Lipinski definition) is 7. The minimum atomic E-state index is -0.759. The van der Waals surface area contributed by atoms with Crippen LogP contribution in [0.25, 0.3) is 22.2 Å². The van der Waals surface area contributed by atoms with Gasteiger partial charge < -0.3 is 10.2 Å². The number of benzene rings is 1. The minimum Gasteiger partial charge on any atom is -0.370 e. The van der Waals surface area contributed by atoms with Gasteiger partial charge in [0.25, 0.3) is 0 Å². The van der Waals surface area contributed by atoms with Crippen molar-refractivity contribution in [1.82, 2.24) is 24.7 Å². The fourth-order valence-electron chi connectivity index (χ4n) is 4.60. The Labute approximate surface area is 212 Å². The van der Waals surface area contributed by atoms with Crippen LogP contribution in [0, 0.1) is 5.92 Å². The first-order chi connectivity index (χ1) is 16.8. The minimum absolute atomic E-state index is 0.362. The molecular weight excluding hydrogens is 482 g/mol. The zero-order valence-electron chi connectivity index (χ0n) is 20.2. The summed E-state index contributed by atoms with van der Waals surface area (Å²) in [5, 5.41) is 10.1. The van der Waals surface area contributed by atoms with Crippen LogP contribution >= 0.6 is 11.6 Å². The molecule has 0 radical (unpaired) electrons. The van der Waals surface area contributed by atoms with Gasteiger partial charge in [-0.3, -0.25) is 8.89 Å². The van der Waals surface area contributed by atoms with Crippen molar-refractivity contribution in [2.75, 3.05) is 35.3 Å². The molecule has 1 fully saturated rings. The van der Waals surface area contributed by atoms with Crippen molar-refractivity contribution in [2.45, 2.75) is 19.8 Å². The highest BCUT2D eigenvalue weighted by molar-refractivity contribution is 7.84. The predicted molar refractivity (Wildman–Crippen MR) is 143 cm³/mol. The molecule has 1 aliphatic heterocycles. The highest BCUT2D eigenvalue weighted by Crippen LogP contribution is 2.37. The number of rotatable bonds is 7. The first-order valence-corrected chi connectivity index (χ1v) is 13.7. The maximum atomic E-state index is 11.6. The number of nitrogens with one attached hydrogen (secondary N) is 1. The maximum Gasteiger partial charge on any atom is 0.166 e. The highest BCUT2D eigenvalue weighted by Gasteiger charge is 2.29. The van der Waals surface area contributed by atoms with E-state index in [4.69, 9.17) is 16.6 Å². The zero-order valence-corrected chi connectivity index (χ0v) is 21.8. The fraction of sp³-hybridized carbons (Fsp3) is 0.360. The first-order valence-electron chi connectivity index (χ1n) is 11.6. The molecular formula is C25H28ClN7OS. The molecule has 1 saturated heterocycles. The normalized spacial score (nSPS) is 15.0. The number of aromatic nitrogens is 5. The van der Waals surface area contributed by atoms with Crippen molar-refractivity contribution in [3.05, 3.63) is 53.6 Å². The first kappa shape index (κ1) is 23.7. The van der Waals surface area contributed by atoms with E-state index < -0.39 is 10.8 Å². The number of pyridine rings is 1. The summed E-state index contributed by atoms with van der Waals surface area (Å²) in [4.78, 5) is 16.0. The lowest BCUT2D eigenvalue weighted by Gasteiger charge is -2.41. The Kier molecular flexibility index (Phi) is 6.46. The van der Waals surface area contributed by atoms with Crippen LogP contribution in [0.15, 0.2) is 42.9 Å². The standard InChI is InChI=1S/C25H28ClN7OS/c1-15(2)17-5-6-21(33-11-16(12-33)14-35(4)34)19-10-28-23(9-18(17)19)29-22-7-8-27-25(30-22)20-13-32(3)31-24(20)26/h5-10,13,15-16H,11-12,14H2,1-4H3,(H,27,28,29,30). The smallest absolute Gasteiger partial charge is 0.166 e. The Bertz CT molecular complexity index is 1410. The topological polar surface area (TPSA) is 88.8 Å². The maximum absolute atomic E-state index is 11.6. The van der Waals surface area contributed by atoms with E-state index in [1.165, 1.54) is 16.6 Å². The van der Waals surface area contributed by atoms with Gasteiger partial charge in [-0.05, 0) is 35.1 Å². The van der Waals surface area contributed by atoms with Gasteiger partial charge in [0, 0.05) is 78.5 Å². The van der Waals surface area contributed by atoms with Gasteiger partial charge in [-0.25, -0.2) is 15.0 Å². The van der Waals surface area contributed by atoms with Crippen molar-refractivity contribution >= 4 is 50.5 Å². The Morgan fingerprint density at radius 2 is 1.97 bits per heavy atom. The van der Waals surface area contributed by atoms with Gasteiger partial charge in [-0.1, -0.05) is 31.5 Å². The van der Waals surface area contributed by atoms with Gasteiger partial charge in [-0.2, -0.15) is 5.10 Å². The highest BCUT2D eigenvalue weighted by atomic mass is 35.5. The Balaban J connectivity index is 1.45. The van der Waals surface area contributed by atoms with Crippen molar-refractivity contribution in [1.29, 1.82) is 0 Å². The van der Waals surface area contributed by atoms with Crippen molar-refractivity contribution < 1.29 is 4.21 Å². The van der Waals surface area contributed by atoms with Gasteiger partial charge >= 0.3 is 0 Å². The van der Waals surface area contributed by atoms with E-state index >= 15 is 0 Å². The van der Waals surface area contributed by atoms with Crippen LogP contribution in [0.1, 0.15) is 25.3 Å². The van der Waals surface area contributed by atoms with Gasteiger partial charge in [0.15, 0.2) is 11.0 Å². The molecule has 1 unspecified atom stereocenters. The molecule has 4 heterocycles. The second-order valence-corrected chi connectivity index (χ2v) is 11.2. The zero-order chi connectivity index (χ0) is 24.7. The number of halogens is 1. The van der Waals surface area contributed by atoms with Crippen LogP contribution in [0.4, 0.5) is 17.3 Å². The number of nitrogens with zero attached hydrogens (tertiary/aromatic N) is 6. The summed E-state index contributed by atoms with van der Waals surface area (Å²) in [6.07, 6.45) is 7.20. The van der Waals surface area contributed by atoms with E-state index in [1.54, 1.807) is 29.4 Å². The fourth-order valence-corrected chi connectivity index (χ4v) is 5.73. The Morgan fingerprint density at radius 1 is 1.17 bits per heavy atom. The third-order valence-electron chi connectivity index (χ3n) is 6.24. The van der Waals surface area contributed by atoms with Crippen molar-refractivity contribution in [2.24, 2.45) is 13.0 Å². The van der Waals surface area contributed by atoms with Gasteiger partial charge in [0.2, 0.25) is 0 Å². The van der Waals surface area contributed by atoms with E-state index in [9.17, 15) is 4.21 Å². The molecule has 10 heteroatoms. The molecule has 1 aliphatic rings. The molecule has 0 spiro atoms. The predicted octanol–water partition coefficient (Wildman–Crippen LogP) is 4.76. The second kappa shape index (κ2) is 9.54. The van der Waals surface area contributed by atoms with Gasteiger partial charge in [-0.15, -0.1) is 0 Å². The molecule has 0 aliphatic carbocycles. The van der Waals surface area contributed by atoms with E-state index in [2.05, 4.69) is 57.3 Å². The number of fused-ring (bicyclic) bond motifs is 1. The van der Waals surface area contributed by atoms with Crippen LogP contribution in [-0.2, 0) is 17.8 Å². The molecule has 8 nitrogen and oxygen atoms in total. The summed E-state index contributed by atoms with van der Waals surface area (Å²) < 4.78 is 13.2. The molecule has 35 heavy (non-hydrogen) atoms.